The maximum absolute atomic E-state index is 3.69. The molecule has 1 unspecified atom stereocenters. The zero-order valence-electron chi connectivity index (χ0n) is 12.1. The van der Waals surface area contributed by atoms with Crippen molar-refractivity contribution in [2.75, 3.05) is 24.5 Å². The molecule has 3 rings (SSSR count). The summed E-state index contributed by atoms with van der Waals surface area (Å²) < 4.78 is 1.15. The van der Waals surface area contributed by atoms with Crippen molar-refractivity contribution in [3.63, 3.8) is 0 Å². The van der Waals surface area contributed by atoms with Crippen LogP contribution in [0.5, 0.6) is 0 Å². The molecule has 2 aromatic rings. The van der Waals surface area contributed by atoms with Gasteiger partial charge in [0.1, 0.15) is 0 Å². The van der Waals surface area contributed by atoms with Crippen LogP contribution >= 0.6 is 15.9 Å². The highest BCUT2D eigenvalue weighted by Gasteiger charge is 2.18. The molecule has 1 fully saturated rings. The van der Waals surface area contributed by atoms with E-state index < -0.39 is 0 Å². The molecule has 3 heteroatoms. The summed E-state index contributed by atoms with van der Waals surface area (Å²) in [5.74, 6) is 0. The van der Waals surface area contributed by atoms with Crippen LogP contribution in [0.1, 0.15) is 12.0 Å². The third-order valence-corrected chi connectivity index (χ3v) is 4.47. The molecule has 2 aromatic carbocycles. The molecular weight excluding hydrogens is 324 g/mol. The van der Waals surface area contributed by atoms with Gasteiger partial charge >= 0.3 is 0 Å². The monoisotopic (exact) mass is 344 g/mol. The fourth-order valence-corrected chi connectivity index (χ4v) is 3.33. The van der Waals surface area contributed by atoms with Gasteiger partial charge in [-0.3, -0.25) is 0 Å². The second-order valence-corrected chi connectivity index (χ2v) is 6.54. The van der Waals surface area contributed by atoms with Crippen LogP contribution in [-0.2, 0) is 6.42 Å². The van der Waals surface area contributed by atoms with E-state index in [9.17, 15) is 0 Å². The molecule has 0 saturated carbocycles. The van der Waals surface area contributed by atoms with E-state index in [1.54, 1.807) is 0 Å². The second kappa shape index (κ2) is 7.10. The molecule has 0 radical (unpaired) electrons. The Morgan fingerprint density at radius 3 is 2.76 bits per heavy atom. The Hall–Kier alpha value is -1.32. The first-order valence-electron chi connectivity index (χ1n) is 7.59. The molecule has 110 valence electrons. The molecule has 1 heterocycles. The minimum absolute atomic E-state index is 0.508. The highest BCUT2D eigenvalue weighted by molar-refractivity contribution is 9.10. The van der Waals surface area contributed by atoms with Gasteiger partial charge in [-0.2, -0.15) is 0 Å². The Bertz CT molecular complexity index is 570. The summed E-state index contributed by atoms with van der Waals surface area (Å²) in [7, 11) is 0. The Balaban J connectivity index is 1.71. The smallest absolute Gasteiger partial charge is 0.0378 e. The van der Waals surface area contributed by atoms with Crippen LogP contribution < -0.4 is 10.2 Å². The van der Waals surface area contributed by atoms with Gasteiger partial charge in [-0.05, 0) is 43.1 Å². The van der Waals surface area contributed by atoms with E-state index in [1.165, 1.54) is 17.7 Å². The number of anilines is 1. The van der Waals surface area contributed by atoms with E-state index in [4.69, 9.17) is 0 Å². The first-order valence-corrected chi connectivity index (χ1v) is 8.38. The molecule has 1 aliphatic rings. The minimum Gasteiger partial charge on any atom is -0.370 e. The first-order chi connectivity index (χ1) is 10.3. The Morgan fingerprint density at radius 1 is 1.10 bits per heavy atom. The zero-order chi connectivity index (χ0) is 14.5. The van der Waals surface area contributed by atoms with Gasteiger partial charge in [0.15, 0.2) is 0 Å². The number of nitrogens with zero attached hydrogens (tertiary/aromatic N) is 1. The predicted molar refractivity (Wildman–Crippen MR) is 92.9 cm³/mol. The molecule has 1 N–H and O–H groups in total. The summed E-state index contributed by atoms with van der Waals surface area (Å²) in [4.78, 5) is 2.50. The second-order valence-electron chi connectivity index (χ2n) is 5.62. The normalized spacial score (nSPS) is 19.3. The lowest BCUT2D eigenvalue weighted by molar-refractivity contribution is 0.540. The maximum Gasteiger partial charge on any atom is 0.0378 e. The Kier molecular flexibility index (Phi) is 4.94. The van der Waals surface area contributed by atoms with E-state index in [1.807, 2.05) is 0 Å². The van der Waals surface area contributed by atoms with Crippen molar-refractivity contribution in [1.29, 1.82) is 0 Å². The van der Waals surface area contributed by atoms with Crippen molar-refractivity contribution < 1.29 is 0 Å². The molecule has 1 saturated heterocycles. The lowest BCUT2D eigenvalue weighted by Gasteiger charge is -2.26. The minimum atomic E-state index is 0.508. The quantitative estimate of drug-likeness (QED) is 0.909. The molecular formula is C18H21BrN2. The highest BCUT2D eigenvalue weighted by Crippen LogP contribution is 2.21. The molecule has 1 aliphatic heterocycles. The molecule has 0 amide bonds. The number of hydrogen-bond donors (Lipinski definition) is 1. The summed E-state index contributed by atoms with van der Waals surface area (Å²) in [6.45, 7) is 3.28. The van der Waals surface area contributed by atoms with Crippen LogP contribution in [0.25, 0.3) is 0 Å². The lowest BCUT2D eigenvalue weighted by atomic mass is 10.1. The van der Waals surface area contributed by atoms with Gasteiger partial charge < -0.3 is 10.2 Å². The standard InChI is InChI=1S/C18H21BrN2/c19-16-8-4-9-18(13-16)21-11-5-10-20-17(14-21)12-15-6-2-1-3-7-15/h1-4,6-9,13,17,20H,5,10-12,14H2. The third-order valence-electron chi connectivity index (χ3n) is 3.98. The number of benzene rings is 2. The van der Waals surface area contributed by atoms with E-state index in [2.05, 4.69) is 80.7 Å². The molecule has 21 heavy (non-hydrogen) atoms. The molecule has 0 aromatic heterocycles. The lowest BCUT2D eigenvalue weighted by Crippen LogP contribution is -2.39. The van der Waals surface area contributed by atoms with Crippen LogP contribution in [0.15, 0.2) is 59.1 Å². The summed E-state index contributed by atoms with van der Waals surface area (Å²) in [5.41, 5.74) is 2.72. The van der Waals surface area contributed by atoms with Crippen molar-refractivity contribution in [3.05, 3.63) is 64.6 Å². The van der Waals surface area contributed by atoms with Crippen LogP contribution in [0.2, 0.25) is 0 Å². The van der Waals surface area contributed by atoms with Gasteiger partial charge in [0.2, 0.25) is 0 Å². The summed E-state index contributed by atoms with van der Waals surface area (Å²) in [5, 5.41) is 3.69. The van der Waals surface area contributed by atoms with E-state index in [0.29, 0.717) is 6.04 Å². The van der Waals surface area contributed by atoms with Crippen LogP contribution in [0.3, 0.4) is 0 Å². The van der Waals surface area contributed by atoms with Gasteiger partial charge in [-0.1, -0.05) is 52.3 Å². The van der Waals surface area contributed by atoms with E-state index in [-0.39, 0.29) is 0 Å². The fourth-order valence-electron chi connectivity index (χ4n) is 2.94. The average Bonchev–Trinajstić information content (AvgIpc) is 2.74. The van der Waals surface area contributed by atoms with Crippen molar-refractivity contribution in [3.8, 4) is 0 Å². The first kappa shape index (κ1) is 14.6. The van der Waals surface area contributed by atoms with Crippen LogP contribution in [0.4, 0.5) is 5.69 Å². The number of hydrogen-bond acceptors (Lipinski definition) is 2. The van der Waals surface area contributed by atoms with Gasteiger partial charge in [0.05, 0.1) is 0 Å². The molecule has 0 aliphatic carbocycles. The number of nitrogens with one attached hydrogen (secondary N) is 1. The summed E-state index contributed by atoms with van der Waals surface area (Å²) >= 11 is 3.57. The third kappa shape index (κ3) is 4.08. The van der Waals surface area contributed by atoms with Crippen molar-refractivity contribution >= 4 is 21.6 Å². The molecule has 1 atom stereocenters. The molecule has 0 bridgehead atoms. The van der Waals surface area contributed by atoms with E-state index >= 15 is 0 Å². The zero-order valence-corrected chi connectivity index (χ0v) is 13.7. The number of rotatable bonds is 3. The topological polar surface area (TPSA) is 15.3 Å². The van der Waals surface area contributed by atoms with Gasteiger partial charge in [-0.25, -0.2) is 0 Å². The van der Waals surface area contributed by atoms with Crippen LogP contribution in [-0.4, -0.2) is 25.7 Å². The largest absolute Gasteiger partial charge is 0.370 e. The highest BCUT2D eigenvalue weighted by atomic mass is 79.9. The molecule has 2 nitrogen and oxygen atoms in total. The van der Waals surface area contributed by atoms with Gasteiger partial charge in [0.25, 0.3) is 0 Å². The molecule has 0 spiro atoms. The van der Waals surface area contributed by atoms with Crippen molar-refractivity contribution in [2.24, 2.45) is 0 Å². The van der Waals surface area contributed by atoms with Gasteiger partial charge in [-0.15, -0.1) is 0 Å². The van der Waals surface area contributed by atoms with Crippen molar-refractivity contribution in [1.82, 2.24) is 5.32 Å². The Morgan fingerprint density at radius 2 is 1.95 bits per heavy atom. The Labute approximate surface area is 135 Å². The fraction of sp³-hybridized carbons (Fsp3) is 0.333. The van der Waals surface area contributed by atoms with Crippen molar-refractivity contribution in [2.45, 2.75) is 18.9 Å². The summed E-state index contributed by atoms with van der Waals surface area (Å²) in [6.07, 6.45) is 2.28. The summed E-state index contributed by atoms with van der Waals surface area (Å²) in [6, 6.07) is 19.9. The maximum atomic E-state index is 3.69. The SMILES string of the molecule is Brc1cccc(N2CCCNC(Cc3ccccc3)C2)c1. The average molecular weight is 345 g/mol. The van der Waals surface area contributed by atoms with E-state index in [0.717, 1.165) is 30.5 Å². The van der Waals surface area contributed by atoms with Crippen LogP contribution in [0, 0.1) is 0 Å². The predicted octanol–water partition coefficient (Wildman–Crippen LogP) is 3.86. The number of halogens is 1. The van der Waals surface area contributed by atoms with Gasteiger partial charge in [0, 0.05) is 29.3 Å².